The third-order valence-corrected chi connectivity index (χ3v) is 4.13. The molecule has 5 nitrogen and oxygen atoms in total. The number of hydrogen-bond acceptors (Lipinski definition) is 3. The molecule has 2 rings (SSSR count). The largest absolute Gasteiger partial charge is 0.493 e. The first kappa shape index (κ1) is 17.6. The van der Waals surface area contributed by atoms with Crippen molar-refractivity contribution in [1.82, 2.24) is 10.2 Å². The minimum absolute atomic E-state index is 0.0603. The summed E-state index contributed by atoms with van der Waals surface area (Å²) in [5, 5.41) is 12.2. The van der Waals surface area contributed by atoms with E-state index >= 15 is 0 Å². The first-order valence-corrected chi connectivity index (χ1v) is 8.38. The molecule has 1 aliphatic heterocycles. The molecular weight excluding hydrogens is 292 g/mol. The van der Waals surface area contributed by atoms with E-state index in [1.54, 1.807) is 4.90 Å². The number of hydrogen-bond donors (Lipinski definition) is 2. The molecule has 5 heteroatoms. The van der Waals surface area contributed by atoms with Gasteiger partial charge in [-0.1, -0.05) is 26.0 Å². The van der Waals surface area contributed by atoms with Gasteiger partial charge in [-0.3, -0.25) is 0 Å². The van der Waals surface area contributed by atoms with Crippen LogP contribution in [0.25, 0.3) is 0 Å². The number of benzene rings is 1. The molecule has 0 aliphatic carbocycles. The van der Waals surface area contributed by atoms with Crippen LogP contribution in [0.2, 0.25) is 0 Å². The monoisotopic (exact) mass is 320 g/mol. The quantitative estimate of drug-likeness (QED) is 0.847. The molecule has 0 spiro atoms. The van der Waals surface area contributed by atoms with Gasteiger partial charge in [0.25, 0.3) is 0 Å². The van der Waals surface area contributed by atoms with Crippen LogP contribution in [0.4, 0.5) is 4.79 Å². The van der Waals surface area contributed by atoms with E-state index in [-0.39, 0.29) is 24.6 Å². The van der Waals surface area contributed by atoms with Gasteiger partial charge in [-0.05, 0) is 37.0 Å². The Balaban J connectivity index is 1.85. The van der Waals surface area contributed by atoms with Crippen LogP contribution in [0, 0.1) is 11.8 Å². The molecule has 1 aromatic carbocycles. The van der Waals surface area contributed by atoms with Gasteiger partial charge in [-0.25, -0.2) is 4.79 Å². The van der Waals surface area contributed by atoms with E-state index < -0.39 is 0 Å². The maximum atomic E-state index is 12.2. The van der Waals surface area contributed by atoms with E-state index in [9.17, 15) is 4.79 Å². The zero-order valence-electron chi connectivity index (χ0n) is 14.3. The number of nitrogens with one attached hydrogen (secondary N) is 1. The molecular formula is C18H28N2O3. The zero-order chi connectivity index (χ0) is 16.8. The van der Waals surface area contributed by atoms with Gasteiger partial charge in [-0.15, -0.1) is 0 Å². The van der Waals surface area contributed by atoms with E-state index in [2.05, 4.69) is 19.2 Å². The lowest BCUT2D eigenvalue weighted by Gasteiger charge is -2.21. The summed E-state index contributed by atoms with van der Waals surface area (Å²) in [6.07, 6.45) is 0.875. The Labute approximate surface area is 138 Å². The fraction of sp³-hybridized carbons (Fsp3) is 0.611. The second kappa shape index (κ2) is 8.20. The van der Waals surface area contributed by atoms with Crippen LogP contribution in [0.1, 0.15) is 38.8 Å². The van der Waals surface area contributed by atoms with Crippen LogP contribution in [-0.4, -0.2) is 42.3 Å². The van der Waals surface area contributed by atoms with E-state index in [4.69, 9.17) is 9.84 Å². The van der Waals surface area contributed by atoms with Gasteiger partial charge in [0.05, 0.1) is 12.6 Å². The molecule has 0 unspecified atom stereocenters. The second-order valence-corrected chi connectivity index (χ2v) is 6.73. The highest BCUT2D eigenvalue weighted by atomic mass is 16.5. The molecule has 1 aromatic rings. The van der Waals surface area contributed by atoms with Gasteiger partial charge in [0.15, 0.2) is 0 Å². The minimum atomic E-state index is -0.0615. The number of carbonyl (C=O) groups excluding carboxylic acids is 1. The Morgan fingerprint density at radius 2 is 2.04 bits per heavy atom. The highest BCUT2D eigenvalue weighted by molar-refractivity contribution is 5.75. The van der Waals surface area contributed by atoms with Crippen molar-refractivity contribution in [1.29, 1.82) is 0 Å². The molecule has 0 radical (unpaired) electrons. The van der Waals surface area contributed by atoms with Crippen molar-refractivity contribution >= 4 is 6.03 Å². The van der Waals surface area contributed by atoms with Crippen molar-refractivity contribution < 1.29 is 14.6 Å². The third-order valence-electron chi connectivity index (χ3n) is 4.13. The SMILES string of the molecule is CC(C)COc1ccc([C@H](C)NC(=O)N2CC[C@@H](CO)C2)cc1. The molecule has 128 valence electrons. The summed E-state index contributed by atoms with van der Waals surface area (Å²) in [4.78, 5) is 14.0. The summed E-state index contributed by atoms with van der Waals surface area (Å²) in [6.45, 7) is 8.41. The Morgan fingerprint density at radius 1 is 1.35 bits per heavy atom. The molecule has 1 aliphatic rings. The number of carbonyl (C=O) groups is 1. The summed E-state index contributed by atoms with van der Waals surface area (Å²) >= 11 is 0. The van der Waals surface area contributed by atoms with Crippen molar-refractivity contribution in [3.8, 4) is 5.75 Å². The number of aliphatic hydroxyl groups excluding tert-OH is 1. The van der Waals surface area contributed by atoms with Crippen LogP contribution in [0.15, 0.2) is 24.3 Å². The van der Waals surface area contributed by atoms with Gasteiger partial charge in [0.2, 0.25) is 0 Å². The van der Waals surface area contributed by atoms with Gasteiger partial charge < -0.3 is 20.1 Å². The predicted molar refractivity (Wildman–Crippen MR) is 90.5 cm³/mol. The number of aliphatic hydroxyl groups is 1. The maximum Gasteiger partial charge on any atom is 0.317 e. The molecule has 0 bridgehead atoms. The zero-order valence-corrected chi connectivity index (χ0v) is 14.3. The van der Waals surface area contributed by atoms with Crippen LogP contribution in [0.5, 0.6) is 5.75 Å². The fourth-order valence-corrected chi connectivity index (χ4v) is 2.64. The number of urea groups is 1. The Bertz CT molecular complexity index is 501. The van der Waals surface area contributed by atoms with Gasteiger partial charge in [-0.2, -0.15) is 0 Å². The molecule has 1 heterocycles. The number of amides is 2. The summed E-state index contributed by atoms with van der Waals surface area (Å²) in [6, 6.07) is 7.74. The molecule has 1 saturated heterocycles. The molecule has 1 fully saturated rings. The highest BCUT2D eigenvalue weighted by Gasteiger charge is 2.26. The Morgan fingerprint density at radius 3 is 2.61 bits per heavy atom. The normalized spacial score (nSPS) is 19.0. The van der Waals surface area contributed by atoms with E-state index in [0.717, 1.165) is 17.7 Å². The topological polar surface area (TPSA) is 61.8 Å². The van der Waals surface area contributed by atoms with E-state index in [1.807, 2.05) is 31.2 Å². The number of ether oxygens (including phenoxy) is 1. The van der Waals surface area contributed by atoms with Crippen LogP contribution < -0.4 is 10.1 Å². The summed E-state index contributed by atoms with van der Waals surface area (Å²) < 4.78 is 5.67. The number of rotatable bonds is 6. The van der Waals surface area contributed by atoms with Gasteiger partial charge in [0, 0.05) is 25.6 Å². The van der Waals surface area contributed by atoms with E-state index in [0.29, 0.717) is 25.6 Å². The Hall–Kier alpha value is -1.75. The lowest BCUT2D eigenvalue weighted by Crippen LogP contribution is -2.39. The molecule has 0 aromatic heterocycles. The molecule has 2 amide bonds. The second-order valence-electron chi connectivity index (χ2n) is 6.73. The molecule has 23 heavy (non-hydrogen) atoms. The summed E-state index contributed by atoms with van der Waals surface area (Å²) in [5.41, 5.74) is 1.05. The standard InChI is InChI=1S/C18H28N2O3/c1-13(2)12-23-17-6-4-16(5-7-17)14(3)19-18(22)20-9-8-15(10-20)11-21/h4-7,13-15,21H,8-12H2,1-3H3,(H,19,22)/t14-,15+/m0/s1. The summed E-state index contributed by atoms with van der Waals surface area (Å²) in [5.74, 6) is 1.57. The fourth-order valence-electron chi connectivity index (χ4n) is 2.64. The Kier molecular flexibility index (Phi) is 6.28. The van der Waals surface area contributed by atoms with Crippen molar-refractivity contribution in [3.63, 3.8) is 0 Å². The average molecular weight is 320 g/mol. The van der Waals surface area contributed by atoms with Crippen LogP contribution in [-0.2, 0) is 0 Å². The highest BCUT2D eigenvalue weighted by Crippen LogP contribution is 2.20. The first-order chi connectivity index (χ1) is 11.0. The van der Waals surface area contributed by atoms with Crippen molar-refractivity contribution in [2.45, 2.75) is 33.2 Å². The predicted octanol–water partition coefficient (Wildman–Crippen LogP) is 2.81. The van der Waals surface area contributed by atoms with Gasteiger partial charge in [0.1, 0.15) is 5.75 Å². The molecule has 2 atom stereocenters. The average Bonchev–Trinajstić information content (AvgIpc) is 3.02. The van der Waals surface area contributed by atoms with Crippen molar-refractivity contribution in [2.24, 2.45) is 11.8 Å². The minimum Gasteiger partial charge on any atom is -0.493 e. The number of nitrogens with zero attached hydrogens (tertiary/aromatic N) is 1. The number of likely N-dealkylation sites (tertiary alicyclic amines) is 1. The summed E-state index contributed by atoms with van der Waals surface area (Å²) in [7, 11) is 0. The van der Waals surface area contributed by atoms with E-state index in [1.165, 1.54) is 0 Å². The van der Waals surface area contributed by atoms with Crippen LogP contribution in [0.3, 0.4) is 0 Å². The lowest BCUT2D eigenvalue weighted by atomic mass is 10.1. The maximum absolute atomic E-state index is 12.2. The first-order valence-electron chi connectivity index (χ1n) is 8.38. The van der Waals surface area contributed by atoms with Gasteiger partial charge >= 0.3 is 6.03 Å². The lowest BCUT2D eigenvalue weighted by molar-refractivity contribution is 0.195. The van der Waals surface area contributed by atoms with Crippen LogP contribution >= 0.6 is 0 Å². The third kappa shape index (κ3) is 5.13. The van der Waals surface area contributed by atoms with Crippen molar-refractivity contribution in [3.05, 3.63) is 29.8 Å². The smallest absolute Gasteiger partial charge is 0.317 e. The van der Waals surface area contributed by atoms with Crippen molar-refractivity contribution in [2.75, 3.05) is 26.3 Å². The molecule has 2 N–H and O–H groups in total. The molecule has 0 saturated carbocycles.